The summed E-state index contributed by atoms with van der Waals surface area (Å²) in [6.45, 7) is 6.92. The second kappa shape index (κ2) is 9.05. The van der Waals surface area contributed by atoms with Gasteiger partial charge in [-0.05, 0) is 37.8 Å². The lowest BCUT2D eigenvalue weighted by Crippen LogP contribution is -2.42. The number of hydrogen-bond acceptors (Lipinski definition) is 6. The van der Waals surface area contributed by atoms with Crippen molar-refractivity contribution in [3.63, 3.8) is 0 Å². The quantitative estimate of drug-likeness (QED) is 0.795. The molecule has 0 aliphatic carbocycles. The maximum atomic E-state index is 9.83. The molecule has 3 heterocycles. The highest BCUT2D eigenvalue weighted by atomic mass is 16.3. The number of aromatic nitrogens is 3. The molecule has 6 nitrogen and oxygen atoms in total. The van der Waals surface area contributed by atoms with E-state index < -0.39 is 0 Å². The van der Waals surface area contributed by atoms with Gasteiger partial charge >= 0.3 is 0 Å². The Bertz CT molecular complexity index is 686. The Hall–Kier alpha value is -2.05. The molecule has 0 spiro atoms. The molecule has 3 rings (SSSR count). The first kappa shape index (κ1) is 18.7. The Labute approximate surface area is 155 Å². The van der Waals surface area contributed by atoms with E-state index in [4.69, 9.17) is 0 Å². The summed E-state index contributed by atoms with van der Waals surface area (Å²) in [7, 11) is 0. The lowest BCUT2D eigenvalue weighted by molar-refractivity contribution is 0.0962. The van der Waals surface area contributed by atoms with Crippen LogP contribution in [-0.4, -0.2) is 56.7 Å². The van der Waals surface area contributed by atoms with Crippen molar-refractivity contribution in [1.82, 2.24) is 19.9 Å². The van der Waals surface area contributed by atoms with Crippen LogP contribution in [0.2, 0.25) is 0 Å². The summed E-state index contributed by atoms with van der Waals surface area (Å²) in [5, 5.41) is 13.4. The van der Waals surface area contributed by atoms with Gasteiger partial charge < -0.3 is 15.3 Å². The number of aliphatic hydroxyl groups is 1. The van der Waals surface area contributed by atoms with Gasteiger partial charge in [0, 0.05) is 43.6 Å². The zero-order valence-corrected chi connectivity index (χ0v) is 15.7. The minimum absolute atomic E-state index is 0.214. The van der Waals surface area contributed by atoms with Crippen molar-refractivity contribution in [3.05, 3.63) is 36.2 Å². The molecular weight excluding hydrogens is 326 g/mol. The monoisotopic (exact) mass is 355 g/mol. The van der Waals surface area contributed by atoms with E-state index in [0.29, 0.717) is 11.9 Å². The lowest BCUT2D eigenvalue weighted by atomic mass is 10.0. The fourth-order valence-electron chi connectivity index (χ4n) is 3.26. The van der Waals surface area contributed by atoms with Crippen LogP contribution in [0.3, 0.4) is 0 Å². The summed E-state index contributed by atoms with van der Waals surface area (Å²) < 4.78 is 0. The first-order chi connectivity index (χ1) is 12.7. The van der Waals surface area contributed by atoms with Crippen LogP contribution in [0.25, 0.3) is 11.5 Å². The van der Waals surface area contributed by atoms with E-state index in [9.17, 15) is 5.11 Å². The van der Waals surface area contributed by atoms with Crippen molar-refractivity contribution in [3.8, 4) is 11.5 Å². The van der Waals surface area contributed by atoms with Crippen LogP contribution in [0, 0.1) is 0 Å². The zero-order valence-electron chi connectivity index (χ0n) is 15.7. The molecule has 2 aromatic rings. The van der Waals surface area contributed by atoms with Crippen LogP contribution >= 0.6 is 0 Å². The molecule has 2 N–H and O–H groups in total. The van der Waals surface area contributed by atoms with Gasteiger partial charge in [0.15, 0.2) is 5.82 Å². The van der Waals surface area contributed by atoms with E-state index in [0.717, 1.165) is 62.5 Å². The number of aliphatic hydroxyl groups excluding tert-OH is 1. The number of rotatable bonds is 7. The van der Waals surface area contributed by atoms with Crippen LogP contribution in [0.4, 0.5) is 5.82 Å². The molecule has 2 aromatic heterocycles. The third-order valence-corrected chi connectivity index (χ3v) is 4.92. The SMILES string of the molecule is CCc1cc(NC2CCN(C[C@H](O)CC)CC2)nc(-c2ccccn2)n1. The molecule has 0 bridgehead atoms. The molecule has 0 saturated carbocycles. The van der Waals surface area contributed by atoms with Crippen molar-refractivity contribution in [2.45, 2.75) is 51.7 Å². The highest BCUT2D eigenvalue weighted by Gasteiger charge is 2.21. The highest BCUT2D eigenvalue weighted by molar-refractivity contribution is 5.53. The van der Waals surface area contributed by atoms with Gasteiger partial charge in [-0.3, -0.25) is 4.98 Å². The summed E-state index contributed by atoms with van der Waals surface area (Å²) in [5.74, 6) is 1.56. The zero-order chi connectivity index (χ0) is 18.4. The van der Waals surface area contributed by atoms with Crippen molar-refractivity contribution >= 4 is 5.82 Å². The van der Waals surface area contributed by atoms with Gasteiger partial charge in [-0.15, -0.1) is 0 Å². The van der Waals surface area contributed by atoms with E-state index in [-0.39, 0.29) is 6.10 Å². The van der Waals surface area contributed by atoms with Crippen molar-refractivity contribution < 1.29 is 5.11 Å². The summed E-state index contributed by atoms with van der Waals surface area (Å²) in [4.78, 5) is 16.0. The van der Waals surface area contributed by atoms with Crippen molar-refractivity contribution in [2.24, 2.45) is 0 Å². The summed E-state index contributed by atoms with van der Waals surface area (Å²) in [6.07, 6.45) is 5.35. The molecule has 1 aliphatic heterocycles. The number of likely N-dealkylation sites (tertiary alicyclic amines) is 1. The minimum Gasteiger partial charge on any atom is -0.392 e. The molecule has 0 aromatic carbocycles. The lowest BCUT2D eigenvalue weighted by Gasteiger charge is -2.33. The Morgan fingerprint density at radius 3 is 2.69 bits per heavy atom. The first-order valence-electron chi connectivity index (χ1n) is 9.64. The van der Waals surface area contributed by atoms with Crippen LogP contribution in [0.5, 0.6) is 0 Å². The topological polar surface area (TPSA) is 74.2 Å². The van der Waals surface area contributed by atoms with Gasteiger partial charge in [-0.2, -0.15) is 0 Å². The Balaban J connectivity index is 1.65. The van der Waals surface area contributed by atoms with Crippen LogP contribution < -0.4 is 5.32 Å². The predicted molar refractivity (Wildman–Crippen MR) is 104 cm³/mol. The van der Waals surface area contributed by atoms with Gasteiger partial charge in [-0.25, -0.2) is 9.97 Å². The molecule has 0 amide bonds. The van der Waals surface area contributed by atoms with Crippen LogP contribution in [0.1, 0.15) is 38.8 Å². The van der Waals surface area contributed by atoms with Gasteiger partial charge in [0.25, 0.3) is 0 Å². The number of β-amino-alcohol motifs (C(OH)–C–C–N with tert-alkyl or cyclic N) is 1. The smallest absolute Gasteiger partial charge is 0.180 e. The predicted octanol–water partition coefficient (Wildman–Crippen LogP) is 2.75. The number of piperidine rings is 1. The third kappa shape index (κ3) is 4.99. The number of nitrogens with zero attached hydrogens (tertiary/aromatic N) is 4. The average molecular weight is 355 g/mol. The summed E-state index contributed by atoms with van der Waals surface area (Å²) >= 11 is 0. The second-order valence-electron chi connectivity index (χ2n) is 6.92. The second-order valence-corrected chi connectivity index (χ2v) is 6.92. The maximum Gasteiger partial charge on any atom is 0.180 e. The molecule has 1 aliphatic rings. The van der Waals surface area contributed by atoms with Crippen molar-refractivity contribution in [1.29, 1.82) is 0 Å². The standard InChI is InChI=1S/C20H29N5O/c1-3-15-13-19(24-20(23-15)18-7-5-6-10-21-18)22-16-8-11-25(12-9-16)14-17(26)4-2/h5-7,10,13,16-17,26H,3-4,8-9,11-12,14H2,1-2H3,(H,22,23,24)/t17-/m1/s1. The van der Waals surface area contributed by atoms with E-state index >= 15 is 0 Å². The van der Waals surface area contributed by atoms with Gasteiger partial charge in [0.05, 0.1) is 6.10 Å². The van der Waals surface area contributed by atoms with E-state index in [1.54, 1.807) is 6.20 Å². The third-order valence-electron chi connectivity index (χ3n) is 4.92. The molecule has 26 heavy (non-hydrogen) atoms. The molecule has 6 heteroatoms. The fourth-order valence-corrected chi connectivity index (χ4v) is 3.26. The largest absolute Gasteiger partial charge is 0.392 e. The normalized spacial score (nSPS) is 17.2. The number of aryl methyl sites for hydroxylation is 1. The maximum absolute atomic E-state index is 9.83. The molecule has 1 atom stereocenters. The van der Waals surface area contributed by atoms with E-state index in [1.165, 1.54) is 0 Å². The Morgan fingerprint density at radius 2 is 2.04 bits per heavy atom. The summed E-state index contributed by atoms with van der Waals surface area (Å²) in [6, 6.07) is 8.24. The number of anilines is 1. The molecule has 1 fully saturated rings. The number of pyridine rings is 1. The average Bonchev–Trinajstić information content (AvgIpc) is 2.69. The highest BCUT2D eigenvalue weighted by Crippen LogP contribution is 2.20. The fraction of sp³-hybridized carbons (Fsp3) is 0.550. The van der Waals surface area contributed by atoms with Crippen molar-refractivity contribution in [2.75, 3.05) is 25.0 Å². The molecule has 1 saturated heterocycles. The Morgan fingerprint density at radius 1 is 1.23 bits per heavy atom. The van der Waals surface area contributed by atoms with Gasteiger partial charge in [-0.1, -0.05) is 19.9 Å². The number of nitrogens with one attached hydrogen (secondary N) is 1. The molecular formula is C20H29N5O. The molecule has 140 valence electrons. The van der Waals surface area contributed by atoms with Crippen LogP contribution in [0.15, 0.2) is 30.5 Å². The Kier molecular flexibility index (Phi) is 6.52. The van der Waals surface area contributed by atoms with Gasteiger partial charge in [0.1, 0.15) is 11.5 Å². The van der Waals surface area contributed by atoms with Gasteiger partial charge in [0.2, 0.25) is 0 Å². The first-order valence-corrected chi connectivity index (χ1v) is 9.64. The van der Waals surface area contributed by atoms with Crippen LogP contribution in [-0.2, 0) is 6.42 Å². The van der Waals surface area contributed by atoms with E-state index in [1.807, 2.05) is 31.2 Å². The van der Waals surface area contributed by atoms with E-state index in [2.05, 4.69) is 32.1 Å². The molecule has 0 unspecified atom stereocenters. The molecule has 0 radical (unpaired) electrons. The minimum atomic E-state index is -0.214. The number of hydrogen-bond donors (Lipinski definition) is 2. The summed E-state index contributed by atoms with van der Waals surface area (Å²) in [5.41, 5.74) is 1.82.